The van der Waals surface area contributed by atoms with Crippen molar-refractivity contribution in [1.82, 2.24) is 5.32 Å². The molecule has 0 bridgehead atoms. The Kier molecular flexibility index (Phi) is 5.38. The number of aryl methyl sites for hydroxylation is 1. The third-order valence-corrected chi connectivity index (χ3v) is 5.63. The number of fused-ring (bicyclic) bond motifs is 1. The molecule has 0 radical (unpaired) electrons. The van der Waals surface area contributed by atoms with Crippen molar-refractivity contribution in [3.63, 3.8) is 0 Å². The SMILES string of the molecule is CCC(NC(=O)c1sc2ccccc2c1Cc1ccc(C)cc1)C(=O)O. The first-order valence-corrected chi connectivity index (χ1v) is 9.41. The largest absolute Gasteiger partial charge is 0.480 e. The quantitative estimate of drug-likeness (QED) is 0.679. The number of thiophene rings is 1. The van der Waals surface area contributed by atoms with Crippen LogP contribution in [0.1, 0.15) is 39.7 Å². The number of rotatable bonds is 6. The Morgan fingerprint density at radius 1 is 1.12 bits per heavy atom. The Hall–Kier alpha value is -2.66. The van der Waals surface area contributed by atoms with Gasteiger partial charge in [0.1, 0.15) is 6.04 Å². The van der Waals surface area contributed by atoms with E-state index in [1.807, 2.05) is 31.2 Å². The van der Waals surface area contributed by atoms with Gasteiger partial charge in [-0.05, 0) is 42.3 Å². The highest BCUT2D eigenvalue weighted by Gasteiger charge is 2.23. The van der Waals surface area contributed by atoms with Crippen molar-refractivity contribution in [3.05, 3.63) is 70.1 Å². The Morgan fingerprint density at radius 2 is 1.81 bits per heavy atom. The number of benzene rings is 2. The van der Waals surface area contributed by atoms with Gasteiger partial charge in [-0.25, -0.2) is 4.79 Å². The molecule has 3 rings (SSSR count). The zero-order valence-corrected chi connectivity index (χ0v) is 15.6. The molecule has 0 fully saturated rings. The minimum absolute atomic E-state index is 0.317. The number of nitrogens with one attached hydrogen (secondary N) is 1. The van der Waals surface area contributed by atoms with Gasteiger partial charge in [0.25, 0.3) is 5.91 Å². The van der Waals surface area contributed by atoms with Crippen molar-refractivity contribution >= 4 is 33.3 Å². The number of carboxylic acid groups (broad SMARTS) is 1. The molecule has 0 saturated heterocycles. The van der Waals surface area contributed by atoms with Crippen LogP contribution < -0.4 is 5.32 Å². The van der Waals surface area contributed by atoms with Gasteiger partial charge in [-0.15, -0.1) is 11.3 Å². The zero-order chi connectivity index (χ0) is 18.7. The van der Waals surface area contributed by atoms with Gasteiger partial charge in [-0.3, -0.25) is 4.79 Å². The second-order valence-corrected chi connectivity index (χ2v) is 7.39. The normalized spacial score (nSPS) is 12.1. The van der Waals surface area contributed by atoms with E-state index in [0.29, 0.717) is 17.7 Å². The summed E-state index contributed by atoms with van der Waals surface area (Å²) in [4.78, 5) is 24.6. The Morgan fingerprint density at radius 3 is 2.46 bits per heavy atom. The van der Waals surface area contributed by atoms with Crippen LogP contribution in [0.4, 0.5) is 0 Å². The molecule has 2 N–H and O–H groups in total. The van der Waals surface area contributed by atoms with Crippen LogP contribution in [0.2, 0.25) is 0 Å². The molecule has 0 aliphatic carbocycles. The van der Waals surface area contributed by atoms with E-state index in [4.69, 9.17) is 0 Å². The molecule has 3 aromatic rings. The summed E-state index contributed by atoms with van der Waals surface area (Å²) < 4.78 is 1.03. The molecule has 0 aliphatic rings. The lowest BCUT2D eigenvalue weighted by molar-refractivity contribution is -0.139. The standard InChI is InChI=1S/C21H21NO3S/c1-3-17(21(24)25)22-20(23)19-16(12-14-10-8-13(2)9-11-14)15-6-4-5-7-18(15)26-19/h4-11,17H,3,12H2,1-2H3,(H,22,23)(H,24,25). The van der Waals surface area contributed by atoms with Gasteiger partial charge < -0.3 is 10.4 Å². The van der Waals surface area contributed by atoms with E-state index in [1.165, 1.54) is 16.9 Å². The third-order valence-electron chi connectivity index (χ3n) is 4.42. The lowest BCUT2D eigenvalue weighted by Crippen LogP contribution is -2.40. The van der Waals surface area contributed by atoms with E-state index in [1.54, 1.807) is 6.92 Å². The summed E-state index contributed by atoms with van der Waals surface area (Å²) in [5.74, 6) is -1.33. The molecule has 0 spiro atoms. The number of carboxylic acids is 1. The maximum Gasteiger partial charge on any atom is 0.326 e. The predicted molar refractivity (Wildman–Crippen MR) is 105 cm³/mol. The second-order valence-electron chi connectivity index (χ2n) is 6.34. The average Bonchev–Trinajstić information content (AvgIpc) is 3.00. The zero-order valence-electron chi connectivity index (χ0n) is 14.8. The van der Waals surface area contributed by atoms with Crippen LogP contribution in [-0.2, 0) is 11.2 Å². The van der Waals surface area contributed by atoms with Crippen LogP contribution in [0.15, 0.2) is 48.5 Å². The molecule has 0 saturated carbocycles. The van der Waals surface area contributed by atoms with E-state index < -0.39 is 12.0 Å². The highest BCUT2D eigenvalue weighted by atomic mass is 32.1. The number of carbonyl (C=O) groups excluding carboxylic acids is 1. The van der Waals surface area contributed by atoms with Gasteiger partial charge in [-0.2, -0.15) is 0 Å². The molecule has 2 aromatic carbocycles. The molecule has 134 valence electrons. The number of carbonyl (C=O) groups is 2. The van der Waals surface area contributed by atoms with E-state index >= 15 is 0 Å². The number of amides is 1. The molecular weight excluding hydrogens is 346 g/mol. The van der Waals surface area contributed by atoms with E-state index in [0.717, 1.165) is 21.2 Å². The fraction of sp³-hybridized carbons (Fsp3) is 0.238. The first-order valence-electron chi connectivity index (χ1n) is 8.59. The first kappa shape index (κ1) is 18.1. The summed E-state index contributed by atoms with van der Waals surface area (Å²) in [5, 5.41) is 12.9. The van der Waals surface area contributed by atoms with E-state index in [9.17, 15) is 14.7 Å². The van der Waals surface area contributed by atoms with Gasteiger partial charge in [0, 0.05) is 4.70 Å². The monoisotopic (exact) mass is 367 g/mol. The molecule has 1 heterocycles. The highest BCUT2D eigenvalue weighted by Crippen LogP contribution is 2.33. The van der Waals surface area contributed by atoms with Crippen molar-refractivity contribution in [1.29, 1.82) is 0 Å². The smallest absolute Gasteiger partial charge is 0.326 e. The van der Waals surface area contributed by atoms with Crippen LogP contribution in [0.5, 0.6) is 0 Å². The maximum atomic E-state index is 12.8. The van der Waals surface area contributed by atoms with E-state index in [2.05, 4.69) is 29.6 Å². The molecule has 4 nitrogen and oxygen atoms in total. The Balaban J connectivity index is 2.00. The molecule has 0 aliphatic heterocycles. The Labute approximate surface area is 156 Å². The first-order chi connectivity index (χ1) is 12.5. The van der Waals surface area contributed by atoms with Gasteiger partial charge in [-0.1, -0.05) is 55.0 Å². The van der Waals surface area contributed by atoms with Gasteiger partial charge >= 0.3 is 5.97 Å². The summed E-state index contributed by atoms with van der Waals surface area (Å²) in [6, 6.07) is 15.3. The van der Waals surface area contributed by atoms with Crippen LogP contribution in [0, 0.1) is 6.92 Å². The third kappa shape index (κ3) is 3.78. The topological polar surface area (TPSA) is 66.4 Å². The van der Waals surface area contributed by atoms with Gasteiger partial charge in [0.05, 0.1) is 4.88 Å². The summed E-state index contributed by atoms with van der Waals surface area (Å²) >= 11 is 1.41. The lowest BCUT2D eigenvalue weighted by Gasteiger charge is -2.12. The summed E-state index contributed by atoms with van der Waals surface area (Å²) in [7, 11) is 0. The summed E-state index contributed by atoms with van der Waals surface area (Å²) in [5.41, 5.74) is 3.26. The highest BCUT2D eigenvalue weighted by molar-refractivity contribution is 7.21. The summed E-state index contributed by atoms with van der Waals surface area (Å²) in [6.45, 7) is 3.79. The average molecular weight is 367 g/mol. The molecule has 1 amide bonds. The molecule has 26 heavy (non-hydrogen) atoms. The number of aliphatic carboxylic acids is 1. The fourth-order valence-electron chi connectivity index (χ4n) is 2.93. The minimum Gasteiger partial charge on any atom is -0.480 e. The summed E-state index contributed by atoms with van der Waals surface area (Å²) in [6.07, 6.45) is 0.982. The lowest BCUT2D eigenvalue weighted by atomic mass is 10.0. The molecule has 1 atom stereocenters. The molecular formula is C21H21NO3S. The van der Waals surface area contributed by atoms with E-state index in [-0.39, 0.29) is 5.91 Å². The van der Waals surface area contributed by atoms with Crippen molar-refractivity contribution < 1.29 is 14.7 Å². The van der Waals surface area contributed by atoms with Gasteiger partial charge in [0.2, 0.25) is 0 Å². The van der Waals surface area contributed by atoms with Crippen LogP contribution in [0.3, 0.4) is 0 Å². The van der Waals surface area contributed by atoms with Crippen molar-refractivity contribution in [2.24, 2.45) is 0 Å². The van der Waals surface area contributed by atoms with Crippen LogP contribution in [-0.4, -0.2) is 23.0 Å². The number of hydrogen-bond donors (Lipinski definition) is 2. The Bertz CT molecular complexity index is 944. The molecule has 5 heteroatoms. The number of hydrogen-bond acceptors (Lipinski definition) is 3. The van der Waals surface area contributed by atoms with Gasteiger partial charge in [0.15, 0.2) is 0 Å². The molecule has 1 unspecified atom stereocenters. The maximum absolute atomic E-state index is 12.8. The predicted octanol–water partition coefficient (Wildman–Crippen LogP) is 4.39. The minimum atomic E-state index is -1.01. The second kappa shape index (κ2) is 7.70. The molecule has 1 aromatic heterocycles. The van der Waals surface area contributed by atoms with Crippen LogP contribution >= 0.6 is 11.3 Å². The van der Waals surface area contributed by atoms with Crippen LogP contribution in [0.25, 0.3) is 10.1 Å². The van der Waals surface area contributed by atoms with Crippen molar-refractivity contribution in [2.45, 2.75) is 32.7 Å². The van der Waals surface area contributed by atoms with Crippen molar-refractivity contribution in [3.8, 4) is 0 Å². The van der Waals surface area contributed by atoms with Crippen molar-refractivity contribution in [2.75, 3.05) is 0 Å². The fourth-order valence-corrected chi connectivity index (χ4v) is 4.05.